The molecule has 0 radical (unpaired) electrons. The van der Waals surface area contributed by atoms with E-state index in [4.69, 9.17) is 5.73 Å². The number of amides is 7. The normalized spacial score (nSPS) is 14.7. The van der Waals surface area contributed by atoms with Gasteiger partial charge in [-0.3, -0.25) is 33.6 Å². The topological polar surface area (TPSA) is 287 Å². The fraction of sp³-hybridized carbons (Fsp3) is 0.409. The zero-order valence-corrected chi connectivity index (χ0v) is 35.3. The molecule has 3 aromatic carbocycles. The van der Waals surface area contributed by atoms with Gasteiger partial charge in [0.1, 0.15) is 30.2 Å². The van der Waals surface area contributed by atoms with Gasteiger partial charge < -0.3 is 53.2 Å². The van der Waals surface area contributed by atoms with E-state index in [9.17, 15) is 48.6 Å². The van der Waals surface area contributed by atoms with E-state index in [0.29, 0.717) is 17.5 Å². The van der Waals surface area contributed by atoms with Crippen LogP contribution in [0.4, 0.5) is 0 Å². The molecular weight excluding hydrogens is 801 g/mol. The van der Waals surface area contributed by atoms with E-state index in [2.05, 4.69) is 37.2 Å². The van der Waals surface area contributed by atoms with Crippen LogP contribution in [0.1, 0.15) is 50.8 Å². The third kappa shape index (κ3) is 16.8. The van der Waals surface area contributed by atoms with Crippen LogP contribution in [0.25, 0.3) is 0 Å². The van der Waals surface area contributed by atoms with Crippen LogP contribution in [0.3, 0.4) is 0 Å². The Morgan fingerprint density at radius 1 is 0.532 bits per heavy atom. The van der Waals surface area contributed by atoms with Gasteiger partial charge in [0, 0.05) is 12.8 Å². The molecule has 0 saturated heterocycles. The summed E-state index contributed by atoms with van der Waals surface area (Å²) in [5.74, 6) is -7.18. The molecule has 11 N–H and O–H groups in total. The van der Waals surface area contributed by atoms with E-state index in [0.717, 1.165) is 5.56 Å². The molecule has 0 heterocycles. The average Bonchev–Trinajstić information content (AvgIpc) is 3.25. The Morgan fingerprint density at radius 3 is 1.47 bits per heavy atom. The maximum atomic E-state index is 13.9. The first-order chi connectivity index (χ1) is 29.5. The Hall–Kier alpha value is -6.66. The maximum Gasteiger partial charge on any atom is 0.326 e. The highest BCUT2D eigenvalue weighted by Gasteiger charge is 2.34. The standard InChI is InChI=1S/C44H58N8O10/c1-5-26(2)37(52-43(60)38(28(4)53)51-36(55)25-46-39(56)27(3)48-40(57)32(45)21-29-15-9-6-10-16-29)42(59)50-33(22-30-17-11-7-12-18-30)41(58)47-24-35(54)49-34(44(61)62)23-31-19-13-8-14-20-31/h6-20,26-28,32-34,37-38,53H,5,21-25,45H2,1-4H3,(H,46,56)(H,47,58)(H,48,57)(H,49,54)(H,50,59)(H,51,55)(H,52,60)(H,61,62)/t26-,27-,28+,32-,33-,34-,37-,38-/m0/s1. The number of benzene rings is 3. The molecule has 8 atom stereocenters. The Morgan fingerprint density at radius 2 is 0.984 bits per heavy atom. The summed E-state index contributed by atoms with van der Waals surface area (Å²) >= 11 is 0. The lowest BCUT2D eigenvalue weighted by Crippen LogP contribution is -2.61. The second-order valence-corrected chi connectivity index (χ2v) is 15.0. The number of nitrogens with one attached hydrogen (secondary N) is 7. The lowest BCUT2D eigenvalue weighted by Gasteiger charge is -2.29. The van der Waals surface area contributed by atoms with Gasteiger partial charge in [-0.15, -0.1) is 0 Å². The highest BCUT2D eigenvalue weighted by atomic mass is 16.4. The zero-order valence-electron chi connectivity index (χ0n) is 35.3. The van der Waals surface area contributed by atoms with Gasteiger partial charge in [0.25, 0.3) is 0 Å². The summed E-state index contributed by atoms with van der Waals surface area (Å²) in [4.78, 5) is 104. The summed E-state index contributed by atoms with van der Waals surface area (Å²) in [6, 6.07) is 19.1. The second kappa shape index (κ2) is 25.2. The number of nitrogens with two attached hydrogens (primary N) is 1. The summed E-state index contributed by atoms with van der Waals surface area (Å²) in [5.41, 5.74) is 8.17. The van der Waals surface area contributed by atoms with Crippen LogP contribution in [0.2, 0.25) is 0 Å². The smallest absolute Gasteiger partial charge is 0.326 e. The lowest BCUT2D eigenvalue weighted by molar-refractivity contribution is -0.141. The van der Waals surface area contributed by atoms with E-state index >= 15 is 0 Å². The minimum Gasteiger partial charge on any atom is -0.480 e. The predicted molar refractivity (Wildman–Crippen MR) is 229 cm³/mol. The molecule has 0 bridgehead atoms. The molecule has 0 aliphatic rings. The molecule has 7 amide bonds. The molecule has 18 heteroatoms. The molecular formula is C44H58N8O10. The van der Waals surface area contributed by atoms with Crippen LogP contribution in [-0.4, -0.2) is 113 Å². The number of carbonyl (C=O) groups excluding carboxylic acids is 7. The van der Waals surface area contributed by atoms with Crippen molar-refractivity contribution in [2.75, 3.05) is 13.1 Å². The summed E-state index contributed by atoms with van der Waals surface area (Å²) < 4.78 is 0. The van der Waals surface area contributed by atoms with Crippen molar-refractivity contribution in [3.8, 4) is 0 Å². The van der Waals surface area contributed by atoms with Crippen LogP contribution in [0, 0.1) is 5.92 Å². The third-order valence-electron chi connectivity index (χ3n) is 9.94. The van der Waals surface area contributed by atoms with E-state index in [1.807, 2.05) is 30.3 Å². The number of aliphatic carboxylic acids is 1. The number of rotatable bonds is 24. The van der Waals surface area contributed by atoms with Crippen LogP contribution >= 0.6 is 0 Å². The SMILES string of the molecule is CC[C@H](C)[C@H](NC(=O)[C@@H](NC(=O)CNC(=O)[C@H](C)NC(=O)[C@@H](N)Cc1ccccc1)[C@@H](C)O)C(=O)N[C@@H](Cc1ccccc1)C(=O)NCC(=O)N[C@@H](Cc1ccccc1)C(=O)O. The fourth-order valence-corrected chi connectivity index (χ4v) is 6.15. The van der Waals surface area contributed by atoms with Gasteiger partial charge >= 0.3 is 5.97 Å². The van der Waals surface area contributed by atoms with E-state index < -0.39 is 109 Å². The van der Waals surface area contributed by atoms with Crippen molar-refractivity contribution in [3.63, 3.8) is 0 Å². The molecule has 0 spiro atoms. The molecule has 0 fully saturated rings. The predicted octanol–water partition coefficient (Wildman–Crippen LogP) is -0.770. The Bertz CT molecular complexity index is 1970. The van der Waals surface area contributed by atoms with Crippen LogP contribution < -0.4 is 43.0 Å². The summed E-state index contributed by atoms with van der Waals surface area (Å²) in [7, 11) is 0. The van der Waals surface area contributed by atoms with Gasteiger partial charge in [0.15, 0.2) is 0 Å². The van der Waals surface area contributed by atoms with Crippen molar-refractivity contribution >= 4 is 47.3 Å². The minimum absolute atomic E-state index is 0.00769. The van der Waals surface area contributed by atoms with Gasteiger partial charge in [0.2, 0.25) is 41.4 Å². The number of hydrogen-bond acceptors (Lipinski definition) is 10. The number of aliphatic hydroxyl groups excluding tert-OH is 1. The third-order valence-corrected chi connectivity index (χ3v) is 9.94. The zero-order chi connectivity index (χ0) is 45.8. The number of aliphatic hydroxyl groups is 1. The molecule has 0 saturated carbocycles. The summed E-state index contributed by atoms with van der Waals surface area (Å²) in [6.45, 7) is 4.87. The first kappa shape index (κ1) is 49.7. The van der Waals surface area contributed by atoms with Crippen molar-refractivity contribution in [2.45, 2.75) is 95.7 Å². The molecule has 0 aliphatic carbocycles. The van der Waals surface area contributed by atoms with Crippen LogP contribution in [0.5, 0.6) is 0 Å². The van der Waals surface area contributed by atoms with Crippen molar-refractivity contribution in [2.24, 2.45) is 11.7 Å². The van der Waals surface area contributed by atoms with Crippen molar-refractivity contribution in [1.29, 1.82) is 0 Å². The summed E-state index contributed by atoms with van der Waals surface area (Å²) in [5, 5.41) is 37.5. The van der Waals surface area contributed by atoms with Crippen LogP contribution in [0.15, 0.2) is 91.0 Å². The fourth-order valence-electron chi connectivity index (χ4n) is 6.15. The van der Waals surface area contributed by atoms with Crippen molar-refractivity contribution < 1.29 is 48.6 Å². The van der Waals surface area contributed by atoms with Crippen LogP contribution in [-0.2, 0) is 57.6 Å². The molecule has 0 aromatic heterocycles. The van der Waals surface area contributed by atoms with Crippen molar-refractivity contribution in [3.05, 3.63) is 108 Å². The first-order valence-corrected chi connectivity index (χ1v) is 20.3. The highest BCUT2D eigenvalue weighted by molar-refractivity contribution is 5.96. The second-order valence-electron chi connectivity index (χ2n) is 15.0. The average molecular weight is 859 g/mol. The largest absolute Gasteiger partial charge is 0.480 e. The Balaban J connectivity index is 1.63. The number of carboxylic acids is 1. The molecule has 62 heavy (non-hydrogen) atoms. The number of carbonyl (C=O) groups is 8. The van der Waals surface area contributed by atoms with Gasteiger partial charge in [0.05, 0.1) is 25.2 Å². The minimum atomic E-state index is -1.58. The lowest BCUT2D eigenvalue weighted by atomic mass is 9.96. The Kier molecular flexibility index (Phi) is 20.2. The number of carboxylic acid groups (broad SMARTS) is 1. The van der Waals surface area contributed by atoms with Gasteiger partial charge in [-0.25, -0.2) is 4.79 Å². The van der Waals surface area contributed by atoms with E-state index in [1.54, 1.807) is 74.5 Å². The van der Waals surface area contributed by atoms with Gasteiger partial charge in [-0.05, 0) is 42.9 Å². The molecule has 18 nitrogen and oxygen atoms in total. The van der Waals surface area contributed by atoms with Gasteiger partial charge in [-0.1, -0.05) is 111 Å². The first-order valence-electron chi connectivity index (χ1n) is 20.3. The molecule has 0 unspecified atom stereocenters. The molecule has 3 rings (SSSR count). The van der Waals surface area contributed by atoms with E-state index in [1.165, 1.54) is 13.8 Å². The molecule has 0 aliphatic heterocycles. The quantitative estimate of drug-likeness (QED) is 0.0534. The molecule has 3 aromatic rings. The monoisotopic (exact) mass is 858 g/mol. The number of hydrogen-bond donors (Lipinski definition) is 10. The highest BCUT2D eigenvalue weighted by Crippen LogP contribution is 2.12. The van der Waals surface area contributed by atoms with Crippen molar-refractivity contribution in [1.82, 2.24) is 37.2 Å². The molecule has 334 valence electrons. The summed E-state index contributed by atoms with van der Waals surface area (Å²) in [6.07, 6.45) is -0.855. The van der Waals surface area contributed by atoms with Gasteiger partial charge in [-0.2, -0.15) is 0 Å². The Labute approximate surface area is 360 Å². The van der Waals surface area contributed by atoms with E-state index in [-0.39, 0.29) is 19.3 Å². The maximum absolute atomic E-state index is 13.9.